The van der Waals surface area contributed by atoms with Gasteiger partial charge >= 0.3 is 0 Å². The van der Waals surface area contributed by atoms with Gasteiger partial charge < -0.3 is 25.4 Å². The van der Waals surface area contributed by atoms with E-state index in [1.807, 2.05) is 0 Å². The Hall–Kier alpha value is -2.68. The van der Waals surface area contributed by atoms with Gasteiger partial charge in [0.05, 0.1) is 23.5 Å². The Morgan fingerprint density at radius 1 is 1.21 bits per heavy atom. The monoisotopic (exact) mass is 476 g/mol. The van der Waals surface area contributed by atoms with Crippen LogP contribution in [0.1, 0.15) is 29.8 Å². The zero-order valence-electron chi connectivity index (χ0n) is 17.4. The van der Waals surface area contributed by atoms with Crippen molar-refractivity contribution in [3.05, 3.63) is 42.1 Å². The summed E-state index contributed by atoms with van der Waals surface area (Å²) in [6, 6.07) is 4.78. The number of nitrogens with two attached hydrogens (primary N) is 1. The third kappa shape index (κ3) is 3.86. The molecule has 176 valence electrons. The SMILES string of the molecule is NS(=O)(=O)c1ccc2c(c1)CCC(c1ncnc3c1ncn3C1O[C@H](CO)[C@@H](O)[C@H]1O)CN2. The Balaban J connectivity index is 1.44. The van der Waals surface area contributed by atoms with E-state index in [-0.39, 0.29) is 10.8 Å². The van der Waals surface area contributed by atoms with Crippen molar-refractivity contribution in [2.75, 3.05) is 18.5 Å². The van der Waals surface area contributed by atoms with Crippen LogP contribution in [0.5, 0.6) is 0 Å². The summed E-state index contributed by atoms with van der Waals surface area (Å²) >= 11 is 0. The molecule has 0 radical (unpaired) electrons. The fourth-order valence-electron chi connectivity index (χ4n) is 4.49. The summed E-state index contributed by atoms with van der Waals surface area (Å²) in [7, 11) is -3.79. The van der Waals surface area contributed by atoms with Gasteiger partial charge in [0.1, 0.15) is 30.2 Å². The van der Waals surface area contributed by atoms with Crippen LogP contribution >= 0.6 is 0 Å². The number of aromatic nitrogens is 4. The lowest BCUT2D eigenvalue weighted by atomic mass is 9.97. The van der Waals surface area contributed by atoms with Gasteiger partial charge in [-0.25, -0.2) is 28.5 Å². The average molecular weight is 477 g/mol. The van der Waals surface area contributed by atoms with E-state index in [0.717, 1.165) is 11.3 Å². The Morgan fingerprint density at radius 2 is 2.03 bits per heavy atom. The van der Waals surface area contributed by atoms with E-state index in [4.69, 9.17) is 9.88 Å². The number of sulfonamides is 1. The summed E-state index contributed by atoms with van der Waals surface area (Å²) < 4.78 is 30.6. The molecule has 1 aromatic carbocycles. The van der Waals surface area contributed by atoms with Crippen LogP contribution in [-0.2, 0) is 21.2 Å². The minimum Gasteiger partial charge on any atom is -0.394 e. The van der Waals surface area contributed by atoms with E-state index in [1.54, 1.807) is 12.1 Å². The lowest BCUT2D eigenvalue weighted by molar-refractivity contribution is -0.0511. The second-order valence-corrected chi connectivity index (χ2v) is 9.85. The maximum Gasteiger partial charge on any atom is 0.238 e. The highest BCUT2D eigenvalue weighted by Gasteiger charge is 2.44. The first kappa shape index (κ1) is 22.1. The molecule has 5 rings (SSSR count). The van der Waals surface area contributed by atoms with E-state index < -0.39 is 41.2 Å². The van der Waals surface area contributed by atoms with E-state index in [2.05, 4.69) is 20.3 Å². The third-order valence-corrected chi connectivity index (χ3v) is 7.18. The van der Waals surface area contributed by atoms with Crippen molar-refractivity contribution < 1.29 is 28.5 Å². The number of nitrogens with one attached hydrogen (secondary N) is 1. The lowest BCUT2D eigenvalue weighted by Gasteiger charge is -2.17. The molecule has 0 amide bonds. The second-order valence-electron chi connectivity index (χ2n) is 8.29. The molecule has 12 nitrogen and oxygen atoms in total. The smallest absolute Gasteiger partial charge is 0.238 e. The van der Waals surface area contributed by atoms with Crippen molar-refractivity contribution >= 4 is 26.9 Å². The predicted octanol–water partition coefficient (Wildman–Crippen LogP) is -0.773. The van der Waals surface area contributed by atoms with Gasteiger partial charge in [0, 0.05) is 18.2 Å². The Labute approximate surface area is 189 Å². The zero-order valence-corrected chi connectivity index (χ0v) is 18.3. The zero-order chi connectivity index (χ0) is 23.3. The Bertz CT molecular complexity index is 1300. The number of primary sulfonamides is 1. The van der Waals surface area contributed by atoms with Crippen LogP contribution in [0.2, 0.25) is 0 Å². The summed E-state index contributed by atoms with van der Waals surface area (Å²) in [5.41, 5.74) is 3.38. The van der Waals surface area contributed by atoms with Gasteiger partial charge in [-0.05, 0) is 36.6 Å². The van der Waals surface area contributed by atoms with E-state index in [0.29, 0.717) is 36.2 Å². The van der Waals surface area contributed by atoms with Crippen molar-refractivity contribution in [3.63, 3.8) is 0 Å². The summed E-state index contributed by atoms with van der Waals surface area (Å²) in [4.78, 5) is 13.3. The van der Waals surface area contributed by atoms with Gasteiger partial charge in [-0.1, -0.05) is 0 Å². The van der Waals surface area contributed by atoms with Gasteiger partial charge in [0.2, 0.25) is 10.0 Å². The molecule has 1 fully saturated rings. The number of ether oxygens (including phenoxy) is 1. The largest absolute Gasteiger partial charge is 0.394 e. The molecule has 3 aromatic rings. The minimum atomic E-state index is -3.79. The molecule has 2 aromatic heterocycles. The first-order chi connectivity index (χ1) is 15.8. The van der Waals surface area contributed by atoms with E-state index >= 15 is 0 Å². The van der Waals surface area contributed by atoms with Gasteiger partial charge in [-0.2, -0.15) is 0 Å². The maximum atomic E-state index is 11.7. The fourth-order valence-corrected chi connectivity index (χ4v) is 5.05. The van der Waals surface area contributed by atoms with Crippen LogP contribution < -0.4 is 10.5 Å². The number of benzene rings is 1. The molecule has 1 saturated heterocycles. The van der Waals surface area contributed by atoms with Crippen LogP contribution in [0.3, 0.4) is 0 Å². The summed E-state index contributed by atoms with van der Waals surface area (Å²) in [5, 5.41) is 38.5. The van der Waals surface area contributed by atoms with Crippen LogP contribution in [-0.4, -0.2) is 74.7 Å². The first-order valence-corrected chi connectivity index (χ1v) is 12.0. The molecule has 0 saturated carbocycles. The lowest BCUT2D eigenvalue weighted by Crippen LogP contribution is -2.33. The predicted molar refractivity (Wildman–Crippen MR) is 116 cm³/mol. The molecule has 4 heterocycles. The van der Waals surface area contributed by atoms with Crippen molar-refractivity contribution in [3.8, 4) is 0 Å². The van der Waals surface area contributed by atoms with Crippen molar-refractivity contribution in [2.24, 2.45) is 5.14 Å². The number of aliphatic hydroxyl groups is 3. The van der Waals surface area contributed by atoms with Crippen LogP contribution in [0.4, 0.5) is 5.69 Å². The maximum absolute atomic E-state index is 11.7. The van der Waals surface area contributed by atoms with Gasteiger partial charge in [-0.3, -0.25) is 4.57 Å². The molecule has 5 atom stereocenters. The standard InChI is InChI=1S/C20H24N6O6S/c21-33(30,31)12-3-4-13-10(5-12)1-2-11(6-22-13)15-16-19(24-8-23-15)26(9-25-16)20-18(29)17(28)14(7-27)32-20/h3-5,8-9,11,14,17-18,20,22,27-29H,1-2,6-7H2,(H2,21,30,31)/t11?,14-,17-,18-,20?/m1/s1. The first-order valence-electron chi connectivity index (χ1n) is 10.5. The minimum absolute atomic E-state index is 0.0469. The van der Waals surface area contributed by atoms with Gasteiger partial charge in [0.15, 0.2) is 11.9 Å². The summed E-state index contributed by atoms with van der Waals surface area (Å²) in [6.07, 6.45) is -0.160. The Kier molecular flexibility index (Phi) is 5.55. The highest BCUT2D eigenvalue weighted by molar-refractivity contribution is 7.89. The van der Waals surface area contributed by atoms with Crippen LogP contribution in [0.25, 0.3) is 11.2 Å². The Morgan fingerprint density at radius 3 is 2.76 bits per heavy atom. The molecule has 13 heteroatoms. The molecule has 2 aliphatic heterocycles. The second kappa shape index (κ2) is 8.27. The molecule has 0 bridgehead atoms. The number of hydrogen-bond donors (Lipinski definition) is 5. The van der Waals surface area contributed by atoms with Gasteiger partial charge in [-0.15, -0.1) is 0 Å². The highest BCUT2D eigenvalue weighted by Crippen LogP contribution is 2.35. The molecule has 2 aliphatic rings. The van der Waals surface area contributed by atoms with Crippen molar-refractivity contribution in [1.82, 2.24) is 19.5 Å². The fraction of sp³-hybridized carbons (Fsp3) is 0.450. The molecule has 0 spiro atoms. The number of imidazole rings is 1. The molecule has 33 heavy (non-hydrogen) atoms. The molecule has 6 N–H and O–H groups in total. The number of nitrogens with zero attached hydrogens (tertiary/aromatic N) is 4. The average Bonchev–Trinajstić information content (AvgIpc) is 3.26. The van der Waals surface area contributed by atoms with Crippen LogP contribution in [0.15, 0.2) is 35.7 Å². The molecule has 2 unspecified atom stereocenters. The quantitative estimate of drug-likeness (QED) is 0.320. The number of fused-ring (bicyclic) bond motifs is 2. The molecular weight excluding hydrogens is 452 g/mol. The van der Waals surface area contributed by atoms with Gasteiger partial charge in [0.25, 0.3) is 0 Å². The van der Waals surface area contributed by atoms with Crippen molar-refractivity contribution in [1.29, 1.82) is 0 Å². The highest BCUT2D eigenvalue weighted by atomic mass is 32.2. The third-order valence-electron chi connectivity index (χ3n) is 6.27. The number of aliphatic hydroxyl groups excluding tert-OH is 3. The van der Waals surface area contributed by atoms with Crippen molar-refractivity contribution in [2.45, 2.75) is 48.2 Å². The molecular formula is C20H24N6O6S. The molecule has 0 aliphatic carbocycles. The number of hydrogen-bond acceptors (Lipinski definition) is 10. The summed E-state index contributed by atoms with van der Waals surface area (Å²) in [5.74, 6) is -0.0469. The normalized spacial score (nSPS) is 27.8. The van der Waals surface area contributed by atoms with E-state index in [1.165, 1.54) is 23.3 Å². The van der Waals surface area contributed by atoms with E-state index in [9.17, 15) is 23.7 Å². The number of aryl methyl sites for hydroxylation is 1. The topological polar surface area (TPSA) is 186 Å². The number of anilines is 1. The summed E-state index contributed by atoms with van der Waals surface area (Å²) in [6.45, 7) is 0.123. The number of rotatable bonds is 4. The van der Waals surface area contributed by atoms with Crippen LogP contribution in [0, 0.1) is 0 Å².